The molecule has 3 aliphatic rings. The molecule has 3 fully saturated rings. The van der Waals surface area contributed by atoms with Crippen LogP contribution in [0.3, 0.4) is 0 Å². The smallest absolute Gasteiger partial charge is 0.310 e. The molecule has 3 aliphatic heterocycles. The van der Waals surface area contributed by atoms with Gasteiger partial charge in [0.05, 0.1) is 35.8 Å². The molecule has 0 aliphatic carbocycles. The zero-order valence-corrected chi connectivity index (χ0v) is 20.5. The number of aliphatic hydroxyl groups is 1. The minimum absolute atomic E-state index is 0.0359. The maximum absolute atomic E-state index is 13.9. The van der Waals surface area contributed by atoms with Crippen LogP contribution in [0.4, 0.5) is 0 Å². The second-order valence-electron chi connectivity index (χ2n) is 9.75. The number of nitrogens with one attached hydrogen (secondary N) is 1. The number of hydrogen-bond donors (Lipinski definition) is 2. The second kappa shape index (κ2) is 9.29. The maximum atomic E-state index is 13.9. The quantitative estimate of drug-likeness (QED) is 0.561. The first-order valence-electron chi connectivity index (χ1n) is 11.9. The predicted octanol–water partition coefficient (Wildman–Crippen LogP) is 2.22. The van der Waals surface area contributed by atoms with E-state index >= 15 is 0 Å². The number of amides is 2. The molecule has 1 aromatic carbocycles. The van der Waals surface area contributed by atoms with Gasteiger partial charge in [0.25, 0.3) is 0 Å². The van der Waals surface area contributed by atoms with Crippen LogP contribution < -0.4 is 5.32 Å². The number of hydrogen-bond acceptors (Lipinski definition) is 6. The third kappa shape index (κ3) is 3.75. The van der Waals surface area contributed by atoms with Crippen molar-refractivity contribution in [2.75, 3.05) is 13.2 Å². The summed E-state index contributed by atoms with van der Waals surface area (Å²) >= 11 is 1.62. The van der Waals surface area contributed by atoms with Gasteiger partial charge in [-0.2, -0.15) is 0 Å². The number of fused-ring (bicyclic) bond motifs is 1. The largest absolute Gasteiger partial charge is 0.466 e. The molecular formula is C25H34N2O5S. The average Bonchev–Trinajstić information content (AvgIpc) is 3.38. The van der Waals surface area contributed by atoms with Crippen LogP contribution in [-0.4, -0.2) is 63.1 Å². The number of benzene rings is 1. The van der Waals surface area contributed by atoms with E-state index in [0.717, 1.165) is 12.0 Å². The molecule has 8 heteroatoms. The van der Waals surface area contributed by atoms with Gasteiger partial charge in [-0.15, -0.1) is 11.8 Å². The Balaban J connectivity index is 1.73. The molecule has 3 heterocycles. The summed E-state index contributed by atoms with van der Waals surface area (Å²) in [4.78, 5) is 42.3. The normalized spacial score (nSPS) is 33.3. The molecule has 1 aromatic rings. The van der Waals surface area contributed by atoms with E-state index in [1.54, 1.807) is 23.6 Å². The maximum Gasteiger partial charge on any atom is 0.310 e. The van der Waals surface area contributed by atoms with Gasteiger partial charge >= 0.3 is 5.97 Å². The molecule has 0 saturated carbocycles. The van der Waals surface area contributed by atoms with Crippen LogP contribution in [-0.2, 0) is 25.7 Å². The van der Waals surface area contributed by atoms with Gasteiger partial charge in [-0.3, -0.25) is 14.4 Å². The highest BCUT2D eigenvalue weighted by Crippen LogP contribution is 2.69. The Morgan fingerprint density at radius 3 is 2.61 bits per heavy atom. The van der Waals surface area contributed by atoms with Crippen LogP contribution in [0.25, 0.3) is 0 Å². The fourth-order valence-electron chi connectivity index (χ4n) is 6.12. The number of ether oxygens (including phenoxy) is 1. The lowest BCUT2D eigenvalue weighted by Crippen LogP contribution is -2.59. The highest BCUT2D eigenvalue weighted by Gasteiger charge is 2.76. The molecule has 2 bridgehead atoms. The summed E-state index contributed by atoms with van der Waals surface area (Å²) < 4.78 is 4.66. The van der Waals surface area contributed by atoms with Gasteiger partial charge in [-0.05, 0) is 30.7 Å². The lowest BCUT2D eigenvalue weighted by Gasteiger charge is -2.40. The minimum atomic E-state index is -0.748. The number of esters is 1. The fraction of sp³-hybridized carbons (Fsp3) is 0.640. The molecule has 7 nitrogen and oxygen atoms in total. The number of rotatable bonds is 8. The van der Waals surface area contributed by atoms with E-state index in [0.29, 0.717) is 6.54 Å². The summed E-state index contributed by atoms with van der Waals surface area (Å²) in [5.41, 5.74) is 0.971. The SMILES string of the molecule is CCOC(=O)[C@@H]1[C@H]2C(=O)N([C@@H](CO)C(C)C)C(C(=O)NCc3ccccc3)C23S[C@@H]1CC3C. The second-order valence-corrected chi connectivity index (χ2v) is 11.3. The molecular weight excluding hydrogens is 440 g/mol. The summed E-state index contributed by atoms with van der Waals surface area (Å²) in [5, 5.41) is 13.2. The summed E-state index contributed by atoms with van der Waals surface area (Å²) in [5.74, 6) is -1.92. The van der Waals surface area contributed by atoms with Gasteiger partial charge in [0, 0.05) is 11.8 Å². The van der Waals surface area contributed by atoms with Crippen LogP contribution in [0.1, 0.15) is 39.7 Å². The van der Waals surface area contributed by atoms with Crippen molar-refractivity contribution in [1.82, 2.24) is 10.2 Å². The highest BCUT2D eigenvalue weighted by atomic mass is 32.2. The van der Waals surface area contributed by atoms with Gasteiger partial charge < -0.3 is 20.1 Å². The van der Waals surface area contributed by atoms with E-state index in [9.17, 15) is 19.5 Å². The van der Waals surface area contributed by atoms with E-state index in [1.807, 2.05) is 44.2 Å². The van der Waals surface area contributed by atoms with E-state index < -0.39 is 28.7 Å². The fourth-order valence-corrected chi connectivity index (χ4v) is 8.52. The van der Waals surface area contributed by atoms with Crippen molar-refractivity contribution in [3.05, 3.63) is 35.9 Å². The lowest BCUT2D eigenvalue weighted by molar-refractivity contribution is -0.154. The molecule has 7 atom stereocenters. The molecule has 2 N–H and O–H groups in total. The number of carbonyl (C=O) groups is 3. The molecule has 180 valence electrons. The first-order chi connectivity index (χ1) is 15.8. The number of carbonyl (C=O) groups excluding carboxylic acids is 3. The summed E-state index contributed by atoms with van der Waals surface area (Å²) in [7, 11) is 0. The Morgan fingerprint density at radius 1 is 1.30 bits per heavy atom. The van der Waals surface area contributed by atoms with Crippen LogP contribution in [0.2, 0.25) is 0 Å². The van der Waals surface area contributed by atoms with Crippen molar-refractivity contribution >= 4 is 29.5 Å². The number of likely N-dealkylation sites (tertiary alicyclic amines) is 1. The first kappa shape index (κ1) is 24.1. The minimum Gasteiger partial charge on any atom is -0.466 e. The van der Waals surface area contributed by atoms with Crippen LogP contribution >= 0.6 is 11.8 Å². The van der Waals surface area contributed by atoms with Crippen molar-refractivity contribution in [3.8, 4) is 0 Å². The zero-order chi connectivity index (χ0) is 23.9. The Labute approximate surface area is 199 Å². The Morgan fingerprint density at radius 2 is 2.00 bits per heavy atom. The topological polar surface area (TPSA) is 95.9 Å². The van der Waals surface area contributed by atoms with Crippen LogP contribution in [0, 0.1) is 23.7 Å². The summed E-state index contributed by atoms with van der Waals surface area (Å²) in [6, 6.07) is 8.40. The van der Waals surface area contributed by atoms with Gasteiger partial charge in [-0.1, -0.05) is 51.1 Å². The molecule has 3 unspecified atom stereocenters. The summed E-state index contributed by atoms with van der Waals surface area (Å²) in [6.07, 6.45) is 0.764. The monoisotopic (exact) mass is 474 g/mol. The molecule has 1 spiro atoms. The van der Waals surface area contributed by atoms with Crippen molar-refractivity contribution in [3.63, 3.8) is 0 Å². The molecule has 2 amide bonds. The van der Waals surface area contributed by atoms with Gasteiger partial charge in [0.15, 0.2) is 0 Å². The zero-order valence-electron chi connectivity index (χ0n) is 19.7. The van der Waals surface area contributed by atoms with E-state index in [1.165, 1.54) is 0 Å². The third-order valence-corrected chi connectivity index (χ3v) is 9.69. The third-order valence-electron chi connectivity index (χ3n) is 7.61. The van der Waals surface area contributed by atoms with E-state index in [-0.39, 0.29) is 48.1 Å². The standard InChI is InChI=1S/C25H34N2O5S/c1-5-32-24(31)19-18-11-15(4)25(33-18)20(19)23(30)27(17(13-28)14(2)3)21(25)22(29)26-12-16-9-7-6-8-10-16/h6-10,14-15,17-21,28H,5,11-13H2,1-4H3,(H,26,29)/t15?,17-,18+,19-,20-,21?,25?/m0/s1. The van der Waals surface area contributed by atoms with Crippen molar-refractivity contribution < 1.29 is 24.2 Å². The Hall–Kier alpha value is -2.06. The van der Waals surface area contributed by atoms with Gasteiger partial charge in [0.1, 0.15) is 6.04 Å². The van der Waals surface area contributed by atoms with E-state index in [2.05, 4.69) is 12.2 Å². The number of aliphatic hydroxyl groups excluding tert-OH is 1. The predicted molar refractivity (Wildman–Crippen MR) is 126 cm³/mol. The Kier molecular flexibility index (Phi) is 6.78. The van der Waals surface area contributed by atoms with Gasteiger partial charge in [0.2, 0.25) is 11.8 Å². The van der Waals surface area contributed by atoms with E-state index in [4.69, 9.17) is 4.74 Å². The van der Waals surface area contributed by atoms with Crippen LogP contribution in [0.5, 0.6) is 0 Å². The molecule has 4 rings (SSSR count). The Bertz CT molecular complexity index is 909. The molecule has 0 aromatic heterocycles. The molecule has 33 heavy (non-hydrogen) atoms. The van der Waals surface area contributed by atoms with Crippen molar-refractivity contribution in [1.29, 1.82) is 0 Å². The summed E-state index contributed by atoms with van der Waals surface area (Å²) in [6.45, 7) is 8.10. The lowest BCUT2D eigenvalue weighted by atomic mass is 9.66. The first-order valence-corrected chi connectivity index (χ1v) is 12.7. The van der Waals surface area contributed by atoms with Crippen molar-refractivity contribution in [2.24, 2.45) is 23.7 Å². The average molecular weight is 475 g/mol. The van der Waals surface area contributed by atoms with Gasteiger partial charge in [-0.25, -0.2) is 0 Å². The highest BCUT2D eigenvalue weighted by molar-refractivity contribution is 8.02. The number of thioether (sulfide) groups is 1. The van der Waals surface area contributed by atoms with Crippen LogP contribution in [0.15, 0.2) is 30.3 Å². The molecule has 0 radical (unpaired) electrons. The molecule has 3 saturated heterocycles. The van der Waals surface area contributed by atoms with Crippen molar-refractivity contribution in [2.45, 2.75) is 62.7 Å². The number of nitrogens with zero attached hydrogens (tertiary/aromatic N) is 1.